The van der Waals surface area contributed by atoms with Crippen LogP contribution in [0, 0.1) is 0 Å². The summed E-state index contributed by atoms with van der Waals surface area (Å²) in [5.41, 5.74) is 8.17. The fourth-order valence-corrected chi connectivity index (χ4v) is 2.10. The molecular weight excluding hydrogens is 212 g/mol. The van der Waals surface area contributed by atoms with E-state index in [1.54, 1.807) is 0 Å². The van der Waals surface area contributed by atoms with E-state index in [2.05, 4.69) is 41.1 Å². The van der Waals surface area contributed by atoms with Gasteiger partial charge in [-0.15, -0.1) is 0 Å². The molecule has 1 atom stereocenters. The molecule has 1 aliphatic rings. The summed E-state index contributed by atoms with van der Waals surface area (Å²) in [6, 6.07) is 8.56. The molecule has 0 spiro atoms. The van der Waals surface area contributed by atoms with Gasteiger partial charge in [-0.1, -0.05) is 12.1 Å². The number of rotatable bonds is 2. The molecule has 92 valence electrons. The summed E-state index contributed by atoms with van der Waals surface area (Å²) in [5, 5.41) is 0. The Morgan fingerprint density at radius 2 is 1.88 bits per heavy atom. The van der Waals surface area contributed by atoms with E-state index in [1.807, 2.05) is 26.0 Å². The van der Waals surface area contributed by atoms with Crippen LogP contribution in [-0.4, -0.2) is 38.5 Å². The zero-order valence-corrected chi connectivity index (χ0v) is 10.9. The molecule has 2 rings (SSSR count). The first kappa shape index (κ1) is 11.8. The predicted molar refractivity (Wildman–Crippen MR) is 72.4 cm³/mol. The lowest BCUT2D eigenvalue weighted by atomic mass is 9.91. The normalized spacial score (nSPS) is 23.8. The van der Waals surface area contributed by atoms with Gasteiger partial charge in [0.25, 0.3) is 0 Å². The highest BCUT2D eigenvalue weighted by atomic mass is 15.3. The van der Waals surface area contributed by atoms with Crippen LogP contribution in [0.2, 0.25) is 0 Å². The Morgan fingerprint density at radius 3 is 2.29 bits per heavy atom. The number of hydrogen-bond acceptors (Lipinski definition) is 4. The zero-order chi connectivity index (χ0) is 12.6. The summed E-state index contributed by atoms with van der Waals surface area (Å²) >= 11 is 0. The molecular formula is C13H20N4. The molecule has 17 heavy (non-hydrogen) atoms. The number of hydrogen-bond donors (Lipinski definition) is 1. The smallest absolute Gasteiger partial charge is 0.191 e. The lowest BCUT2D eigenvalue weighted by molar-refractivity contribution is 0.267. The SMILES string of the molecule is CN(C)c1ccc(C2(C)CN=C(N)N2C)cc1. The maximum atomic E-state index is 5.84. The Labute approximate surface area is 103 Å². The highest BCUT2D eigenvalue weighted by molar-refractivity contribution is 5.81. The summed E-state index contributed by atoms with van der Waals surface area (Å²) in [7, 11) is 6.07. The molecule has 0 saturated carbocycles. The molecule has 0 fully saturated rings. The number of guanidine groups is 1. The fraction of sp³-hybridized carbons (Fsp3) is 0.462. The van der Waals surface area contributed by atoms with Gasteiger partial charge >= 0.3 is 0 Å². The van der Waals surface area contributed by atoms with Crippen molar-refractivity contribution in [1.82, 2.24) is 4.90 Å². The summed E-state index contributed by atoms with van der Waals surface area (Å²) in [5.74, 6) is 0.615. The van der Waals surface area contributed by atoms with Gasteiger partial charge in [-0.25, -0.2) is 0 Å². The molecule has 0 aromatic heterocycles. The van der Waals surface area contributed by atoms with Crippen molar-refractivity contribution in [2.45, 2.75) is 12.5 Å². The van der Waals surface area contributed by atoms with Crippen molar-refractivity contribution >= 4 is 11.6 Å². The number of nitrogens with two attached hydrogens (primary N) is 1. The van der Waals surface area contributed by atoms with E-state index in [9.17, 15) is 0 Å². The first-order valence-corrected chi connectivity index (χ1v) is 5.77. The van der Waals surface area contributed by atoms with Crippen LogP contribution in [0.4, 0.5) is 5.69 Å². The molecule has 4 heteroatoms. The minimum absolute atomic E-state index is 0.116. The number of benzene rings is 1. The van der Waals surface area contributed by atoms with Gasteiger partial charge < -0.3 is 15.5 Å². The Bertz CT molecular complexity index is 435. The van der Waals surface area contributed by atoms with Crippen LogP contribution < -0.4 is 10.6 Å². The Kier molecular flexibility index (Phi) is 2.73. The second-order valence-electron chi connectivity index (χ2n) is 4.95. The second-order valence-corrected chi connectivity index (χ2v) is 4.95. The Morgan fingerprint density at radius 1 is 1.29 bits per heavy atom. The molecule has 2 N–H and O–H groups in total. The summed E-state index contributed by atoms with van der Waals surface area (Å²) in [6.07, 6.45) is 0. The lowest BCUT2D eigenvalue weighted by Gasteiger charge is -2.33. The number of anilines is 1. The quantitative estimate of drug-likeness (QED) is 0.834. The van der Waals surface area contributed by atoms with Crippen molar-refractivity contribution in [2.75, 3.05) is 32.6 Å². The topological polar surface area (TPSA) is 44.9 Å². The van der Waals surface area contributed by atoms with Crippen LogP contribution in [0.15, 0.2) is 29.3 Å². The maximum Gasteiger partial charge on any atom is 0.191 e. The molecule has 0 aliphatic carbocycles. The Balaban J connectivity index is 2.29. The first-order chi connectivity index (χ1) is 7.95. The van der Waals surface area contributed by atoms with Gasteiger partial charge in [-0.2, -0.15) is 0 Å². The number of likely N-dealkylation sites (N-methyl/N-ethyl adjacent to an activating group) is 1. The highest BCUT2D eigenvalue weighted by Crippen LogP contribution is 2.32. The van der Waals surface area contributed by atoms with Crippen molar-refractivity contribution in [3.05, 3.63) is 29.8 Å². The third-order valence-electron chi connectivity index (χ3n) is 3.64. The fourth-order valence-electron chi connectivity index (χ4n) is 2.10. The van der Waals surface area contributed by atoms with Crippen LogP contribution in [0.25, 0.3) is 0 Å². The summed E-state index contributed by atoms with van der Waals surface area (Å²) in [6.45, 7) is 2.89. The van der Waals surface area contributed by atoms with Crippen LogP contribution in [-0.2, 0) is 5.54 Å². The minimum Gasteiger partial charge on any atom is -0.378 e. The molecule has 0 amide bonds. The molecule has 1 unspecified atom stereocenters. The van der Waals surface area contributed by atoms with E-state index in [0.717, 1.165) is 6.54 Å². The van der Waals surface area contributed by atoms with Gasteiger partial charge in [0.1, 0.15) is 0 Å². The van der Waals surface area contributed by atoms with Gasteiger partial charge in [0.15, 0.2) is 5.96 Å². The van der Waals surface area contributed by atoms with Crippen LogP contribution >= 0.6 is 0 Å². The molecule has 1 aliphatic heterocycles. The van der Waals surface area contributed by atoms with E-state index in [1.165, 1.54) is 11.3 Å². The van der Waals surface area contributed by atoms with E-state index in [4.69, 9.17) is 5.73 Å². The van der Waals surface area contributed by atoms with Crippen molar-refractivity contribution in [3.63, 3.8) is 0 Å². The largest absolute Gasteiger partial charge is 0.378 e. The standard InChI is InChI=1S/C13H20N4/c1-13(9-15-12(14)17(13)4)10-5-7-11(8-6-10)16(2)3/h5-8H,9H2,1-4H3,(H2,14,15). The van der Waals surface area contributed by atoms with Gasteiger partial charge in [0.05, 0.1) is 12.1 Å². The molecule has 0 radical (unpaired) electrons. The van der Waals surface area contributed by atoms with E-state index < -0.39 is 0 Å². The highest BCUT2D eigenvalue weighted by Gasteiger charge is 2.36. The van der Waals surface area contributed by atoms with Crippen LogP contribution in [0.5, 0.6) is 0 Å². The molecule has 1 aromatic rings. The van der Waals surface area contributed by atoms with E-state index in [-0.39, 0.29) is 5.54 Å². The third kappa shape index (κ3) is 1.84. The maximum absolute atomic E-state index is 5.84. The van der Waals surface area contributed by atoms with Gasteiger partial charge in [0.2, 0.25) is 0 Å². The van der Waals surface area contributed by atoms with E-state index in [0.29, 0.717) is 5.96 Å². The average molecular weight is 232 g/mol. The van der Waals surface area contributed by atoms with Gasteiger partial charge in [-0.3, -0.25) is 4.99 Å². The van der Waals surface area contributed by atoms with Gasteiger partial charge in [-0.05, 0) is 24.6 Å². The van der Waals surface area contributed by atoms with Crippen molar-refractivity contribution in [2.24, 2.45) is 10.7 Å². The Hall–Kier alpha value is -1.71. The van der Waals surface area contributed by atoms with Crippen molar-refractivity contribution in [3.8, 4) is 0 Å². The van der Waals surface area contributed by atoms with Gasteiger partial charge in [0, 0.05) is 26.8 Å². The summed E-state index contributed by atoms with van der Waals surface area (Å²) < 4.78 is 0. The third-order valence-corrected chi connectivity index (χ3v) is 3.64. The van der Waals surface area contributed by atoms with Crippen LogP contribution in [0.1, 0.15) is 12.5 Å². The molecule has 0 bridgehead atoms. The lowest BCUT2D eigenvalue weighted by Crippen LogP contribution is -2.44. The van der Waals surface area contributed by atoms with E-state index >= 15 is 0 Å². The predicted octanol–water partition coefficient (Wildman–Crippen LogP) is 1.23. The van der Waals surface area contributed by atoms with Crippen LogP contribution in [0.3, 0.4) is 0 Å². The molecule has 4 nitrogen and oxygen atoms in total. The monoisotopic (exact) mass is 232 g/mol. The molecule has 0 saturated heterocycles. The molecule has 1 heterocycles. The molecule has 1 aromatic carbocycles. The average Bonchev–Trinajstić information content (AvgIpc) is 2.59. The number of aliphatic imine (C=N–C) groups is 1. The number of nitrogens with zero attached hydrogens (tertiary/aromatic N) is 3. The first-order valence-electron chi connectivity index (χ1n) is 5.77. The van der Waals surface area contributed by atoms with Crippen molar-refractivity contribution in [1.29, 1.82) is 0 Å². The zero-order valence-electron chi connectivity index (χ0n) is 10.9. The second kappa shape index (κ2) is 3.95. The van der Waals surface area contributed by atoms with Crippen molar-refractivity contribution < 1.29 is 0 Å². The minimum atomic E-state index is -0.116. The summed E-state index contributed by atoms with van der Waals surface area (Å²) in [4.78, 5) is 8.45.